The minimum atomic E-state index is -1.29. The normalized spacial score (nSPS) is 19.4. The molecule has 0 aromatic carbocycles. The zero-order chi connectivity index (χ0) is 27.4. The number of β-lactam (4-membered cyclic amide) rings is 1. The maximum atomic E-state index is 12.9. The molecule has 0 saturated carbocycles. The second-order valence-electron chi connectivity index (χ2n) is 7.42. The number of carboxylic acids is 1. The van der Waals surface area contributed by atoms with Gasteiger partial charge in [-0.1, -0.05) is 28.7 Å². The van der Waals surface area contributed by atoms with Gasteiger partial charge in [-0.3, -0.25) is 14.5 Å². The van der Waals surface area contributed by atoms with Crippen LogP contribution in [0.15, 0.2) is 44.2 Å². The maximum absolute atomic E-state index is 12.9. The van der Waals surface area contributed by atoms with Crippen LogP contribution in [0.5, 0.6) is 0 Å². The Hall–Kier alpha value is -3.39. The number of carboxylic acid groups (broad SMARTS) is 1. The Kier molecular flexibility index (Phi) is 8.72. The molecule has 4 heterocycles. The van der Waals surface area contributed by atoms with Crippen molar-refractivity contribution in [1.82, 2.24) is 29.5 Å². The van der Waals surface area contributed by atoms with Gasteiger partial charge in [0.25, 0.3) is 11.8 Å². The molecule has 1 saturated heterocycles. The van der Waals surface area contributed by atoms with Gasteiger partial charge in [-0.15, -0.1) is 11.8 Å². The number of hydrogen-bond acceptors (Lipinski definition) is 16. The number of nitrogens with zero attached hydrogens (tertiary/aromatic N) is 6. The molecule has 1 fully saturated rings. The Morgan fingerprint density at radius 3 is 2.76 bits per heavy atom. The van der Waals surface area contributed by atoms with E-state index in [4.69, 9.17) is 17.2 Å². The lowest BCUT2D eigenvalue weighted by Gasteiger charge is -2.49. The highest BCUT2D eigenvalue weighted by molar-refractivity contribution is 8.02. The number of nitrogens with one attached hydrogen (secondary N) is 1. The molecule has 4 rings (SSSR count). The standard InChI is InChI=1S/C19H20N10O5S4/c20-2-4-36-19-23-8(21)5-9(24-19)35-3-1-7-6-37-16-11(15(31)29(16)12(7)17(32)33)25-14(30)10(27-34)13-26-18(22)38-28-13/h1,3,5,11,16,34H,2,4,6,20H2,(H,25,30)(H,32,33)(H2,21,23,24)(H2,22,26,28)/b3-1+,27-10-/t11-,16-/m1/s1. The average molecular weight is 597 g/mol. The third kappa shape index (κ3) is 5.85. The third-order valence-corrected chi connectivity index (χ3v) is 8.41. The van der Waals surface area contributed by atoms with E-state index in [0.29, 0.717) is 33.9 Å². The zero-order valence-electron chi connectivity index (χ0n) is 19.2. The van der Waals surface area contributed by atoms with Gasteiger partial charge in [0.1, 0.15) is 28.0 Å². The van der Waals surface area contributed by atoms with E-state index in [-0.39, 0.29) is 22.4 Å². The molecular formula is C19H20N10O5S4. The van der Waals surface area contributed by atoms with Crippen LogP contribution in [0.2, 0.25) is 0 Å². The SMILES string of the molecule is NCCSc1nc(N)cc(S/C=C/C2=C(C(=O)O)N3C(=O)[C@@H](NC(=O)/C(=N\O)c4nsc(N)n4)[C@H]3SC2)n1. The van der Waals surface area contributed by atoms with Crippen molar-refractivity contribution in [3.63, 3.8) is 0 Å². The lowest BCUT2D eigenvalue weighted by Crippen LogP contribution is -2.71. The number of amides is 2. The van der Waals surface area contributed by atoms with Crippen molar-refractivity contribution in [3.8, 4) is 0 Å². The smallest absolute Gasteiger partial charge is 0.352 e. The quantitative estimate of drug-likeness (QED) is 0.0394. The summed E-state index contributed by atoms with van der Waals surface area (Å²) in [5, 5.41) is 26.5. The van der Waals surface area contributed by atoms with E-state index in [0.717, 1.165) is 16.4 Å². The molecule has 19 heteroatoms. The van der Waals surface area contributed by atoms with Gasteiger partial charge in [0.15, 0.2) is 10.3 Å². The Balaban J connectivity index is 1.46. The average Bonchev–Trinajstić information content (AvgIpc) is 3.31. The van der Waals surface area contributed by atoms with Crippen molar-refractivity contribution < 1.29 is 24.7 Å². The van der Waals surface area contributed by atoms with Gasteiger partial charge in [0.05, 0.1) is 0 Å². The largest absolute Gasteiger partial charge is 0.477 e. The number of anilines is 2. The molecule has 2 amide bonds. The van der Waals surface area contributed by atoms with Gasteiger partial charge in [-0.2, -0.15) is 9.36 Å². The van der Waals surface area contributed by atoms with Crippen LogP contribution >= 0.6 is 46.8 Å². The fourth-order valence-electron chi connectivity index (χ4n) is 3.39. The Morgan fingerprint density at radius 1 is 1.32 bits per heavy atom. The molecule has 2 aromatic heterocycles. The fraction of sp³-hybridized carbons (Fsp3) is 0.263. The van der Waals surface area contributed by atoms with Crippen molar-refractivity contribution >= 4 is 81.3 Å². The van der Waals surface area contributed by atoms with Crippen LogP contribution in [-0.4, -0.2) is 87.5 Å². The van der Waals surface area contributed by atoms with E-state index >= 15 is 0 Å². The summed E-state index contributed by atoms with van der Waals surface area (Å²) in [4.78, 5) is 51.0. The number of allylic oxidation sites excluding steroid dienone is 1. The number of carbonyl (C=O) groups excluding carboxylic acids is 2. The summed E-state index contributed by atoms with van der Waals surface area (Å²) < 4.78 is 3.82. The molecule has 2 atom stereocenters. The van der Waals surface area contributed by atoms with Crippen molar-refractivity contribution in [2.24, 2.45) is 10.9 Å². The molecule has 2 aliphatic heterocycles. The van der Waals surface area contributed by atoms with Gasteiger partial charge in [-0.05, 0) is 17.1 Å². The summed E-state index contributed by atoms with van der Waals surface area (Å²) in [6.45, 7) is 0.462. The number of aliphatic carboxylic acids is 1. The number of oxime groups is 1. The van der Waals surface area contributed by atoms with E-state index in [1.165, 1.54) is 35.3 Å². The van der Waals surface area contributed by atoms with E-state index in [9.17, 15) is 24.7 Å². The van der Waals surface area contributed by atoms with E-state index < -0.39 is 34.9 Å². The van der Waals surface area contributed by atoms with Crippen molar-refractivity contribution in [2.45, 2.75) is 21.6 Å². The number of carbonyl (C=O) groups is 3. The predicted molar refractivity (Wildman–Crippen MR) is 144 cm³/mol. The van der Waals surface area contributed by atoms with Crippen LogP contribution in [0.25, 0.3) is 0 Å². The number of rotatable bonds is 10. The lowest BCUT2D eigenvalue weighted by molar-refractivity contribution is -0.150. The Labute approximate surface area is 231 Å². The highest BCUT2D eigenvalue weighted by Crippen LogP contribution is 2.41. The first-order valence-electron chi connectivity index (χ1n) is 10.6. The van der Waals surface area contributed by atoms with Crippen LogP contribution in [0, 0.1) is 0 Å². The maximum Gasteiger partial charge on any atom is 0.352 e. The monoisotopic (exact) mass is 596 g/mol. The van der Waals surface area contributed by atoms with Crippen LogP contribution in [0.1, 0.15) is 5.82 Å². The second-order valence-corrected chi connectivity index (χ2v) is 11.3. The van der Waals surface area contributed by atoms with Crippen molar-refractivity contribution in [3.05, 3.63) is 34.6 Å². The lowest BCUT2D eigenvalue weighted by atomic mass is 10.0. The van der Waals surface area contributed by atoms with Crippen molar-refractivity contribution in [1.29, 1.82) is 0 Å². The number of nitrogens with two attached hydrogens (primary N) is 3. The fourth-order valence-corrected chi connectivity index (χ4v) is 6.53. The van der Waals surface area contributed by atoms with E-state index in [1.54, 1.807) is 17.6 Å². The summed E-state index contributed by atoms with van der Waals surface area (Å²) in [5.41, 5.74) is 16.6. The topological polar surface area (TPSA) is 249 Å². The number of thioether (sulfide) groups is 3. The summed E-state index contributed by atoms with van der Waals surface area (Å²) in [6, 6.07) is 0.550. The first-order valence-corrected chi connectivity index (χ1v) is 14.3. The molecule has 200 valence electrons. The molecule has 2 aromatic rings. The Morgan fingerprint density at radius 2 is 2.11 bits per heavy atom. The number of aromatic nitrogens is 4. The van der Waals surface area contributed by atoms with Crippen LogP contribution < -0.4 is 22.5 Å². The molecule has 0 unspecified atom stereocenters. The van der Waals surface area contributed by atoms with Crippen LogP contribution in [0.4, 0.5) is 10.9 Å². The van der Waals surface area contributed by atoms with E-state index in [1.807, 2.05) is 0 Å². The van der Waals surface area contributed by atoms with Crippen LogP contribution in [-0.2, 0) is 14.4 Å². The molecule has 9 N–H and O–H groups in total. The minimum absolute atomic E-state index is 0.0618. The molecular weight excluding hydrogens is 577 g/mol. The summed E-state index contributed by atoms with van der Waals surface area (Å²) in [7, 11) is 0. The molecule has 0 radical (unpaired) electrons. The van der Waals surface area contributed by atoms with Gasteiger partial charge in [0, 0.05) is 35.6 Å². The highest BCUT2D eigenvalue weighted by atomic mass is 32.2. The zero-order valence-corrected chi connectivity index (χ0v) is 22.4. The number of hydrogen-bond donors (Lipinski definition) is 6. The highest BCUT2D eigenvalue weighted by Gasteiger charge is 2.54. The molecule has 38 heavy (non-hydrogen) atoms. The molecule has 0 bridgehead atoms. The van der Waals surface area contributed by atoms with Gasteiger partial charge < -0.3 is 32.8 Å². The first kappa shape index (κ1) is 27.6. The summed E-state index contributed by atoms with van der Waals surface area (Å²) in [6.07, 6.45) is 1.59. The van der Waals surface area contributed by atoms with Gasteiger partial charge >= 0.3 is 5.97 Å². The molecule has 2 aliphatic rings. The first-order chi connectivity index (χ1) is 18.2. The summed E-state index contributed by atoms with van der Waals surface area (Å²) >= 11 is 4.66. The van der Waals surface area contributed by atoms with Crippen LogP contribution in [0.3, 0.4) is 0 Å². The van der Waals surface area contributed by atoms with E-state index in [2.05, 4.69) is 29.8 Å². The van der Waals surface area contributed by atoms with Gasteiger partial charge in [-0.25, -0.2) is 14.8 Å². The predicted octanol–water partition coefficient (Wildman–Crippen LogP) is -0.234. The Bertz CT molecular complexity index is 1360. The molecule has 15 nitrogen and oxygen atoms in total. The number of nitrogen functional groups attached to an aromatic ring is 2. The number of fused-ring (bicyclic) bond motifs is 1. The molecule has 0 spiro atoms. The van der Waals surface area contributed by atoms with Crippen molar-refractivity contribution in [2.75, 3.05) is 29.5 Å². The minimum Gasteiger partial charge on any atom is -0.477 e. The summed E-state index contributed by atoms with van der Waals surface area (Å²) in [5.74, 6) is -1.83. The molecule has 0 aliphatic carbocycles. The third-order valence-electron chi connectivity index (χ3n) is 4.96. The second kappa shape index (κ2) is 12.0. The van der Waals surface area contributed by atoms with Gasteiger partial charge in [0.2, 0.25) is 11.5 Å².